The van der Waals surface area contributed by atoms with Crippen LogP contribution in [0.25, 0.3) is 0 Å². The van der Waals surface area contributed by atoms with Crippen molar-refractivity contribution in [3.05, 3.63) is 65.7 Å². The number of benzene rings is 2. The molecule has 2 aromatic carbocycles. The molecule has 0 fully saturated rings. The molecule has 0 aliphatic heterocycles. The molecular weight excluding hydrogens is 371 g/mol. The van der Waals surface area contributed by atoms with Gasteiger partial charge < -0.3 is 10.6 Å². The summed E-state index contributed by atoms with van der Waals surface area (Å²) in [7, 11) is 1.61. The van der Waals surface area contributed by atoms with E-state index in [1.807, 2.05) is 30.3 Å². The maximum absolute atomic E-state index is 12.9. The maximum Gasteiger partial charge on any atom is 0.416 e. The molecule has 3 N–H and O–H groups in total. The smallest absolute Gasteiger partial charge is 0.357 e. The van der Waals surface area contributed by atoms with Crippen molar-refractivity contribution >= 4 is 29.7 Å². The van der Waals surface area contributed by atoms with Gasteiger partial charge in [0.2, 0.25) is 17.8 Å². The average Bonchev–Trinajstić information content (AvgIpc) is 2.68. The Labute approximate surface area is 158 Å². The molecule has 0 radical (unpaired) electrons. The van der Waals surface area contributed by atoms with Crippen LogP contribution in [0.2, 0.25) is 0 Å². The molecule has 0 atom stereocenters. The van der Waals surface area contributed by atoms with Crippen LogP contribution in [0.4, 0.5) is 36.7 Å². The van der Waals surface area contributed by atoms with E-state index in [0.29, 0.717) is 0 Å². The molecule has 3 rings (SSSR count). The molecule has 144 valence electrons. The lowest BCUT2D eigenvalue weighted by atomic mass is 10.2. The van der Waals surface area contributed by atoms with Gasteiger partial charge in [-0.05, 0) is 23.8 Å². The number of hydrazone groups is 1. The minimum absolute atomic E-state index is 0.0658. The molecule has 10 heteroatoms. The Bertz CT molecular complexity index is 959. The zero-order valence-electron chi connectivity index (χ0n) is 14.7. The van der Waals surface area contributed by atoms with E-state index in [1.54, 1.807) is 13.3 Å². The normalized spacial score (nSPS) is 11.4. The predicted molar refractivity (Wildman–Crippen MR) is 102 cm³/mol. The molecule has 0 bridgehead atoms. The SMILES string of the molecule is CNc1nc(N/N=C\c2ccccc2)nc(Nc2cccc(C(F)(F)F)c2)n1. The summed E-state index contributed by atoms with van der Waals surface area (Å²) in [4.78, 5) is 12.3. The summed E-state index contributed by atoms with van der Waals surface area (Å²) in [6, 6.07) is 14.1. The molecule has 7 nitrogen and oxygen atoms in total. The summed E-state index contributed by atoms with van der Waals surface area (Å²) >= 11 is 0. The number of hydrogen-bond donors (Lipinski definition) is 3. The van der Waals surface area contributed by atoms with Crippen LogP contribution in [0.3, 0.4) is 0 Å². The highest BCUT2D eigenvalue weighted by Crippen LogP contribution is 2.31. The Balaban J connectivity index is 1.78. The van der Waals surface area contributed by atoms with Gasteiger partial charge in [0.1, 0.15) is 0 Å². The molecule has 3 aromatic rings. The number of halogens is 3. The van der Waals surface area contributed by atoms with Crippen molar-refractivity contribution in [3.8, 4) is 0 Å². The van der Waals surface area contributed by atoms with Crippen LogP contribution < -0.4 is 16.1 Å². The first-order valence-electron chi connectivity index (χ1n) is 8.16. The van der Waals surface area contributed by atoms with Crippen LogP contribution in [-0.4, -0.2) is 28.2 Å². The Morgan fingerprint density at radius 1 is 0.893 bits per heavy atom. The standard InChI is InChI=1S/C18H16F3N7/c1-22-15-25-16(24-14-9-5-8-13(10-14)18(19,20)21)27-17(26-15)28-23-11-12-6-3-2-4-7-12/h2-11H,1H3,(H3,22,24,25,26,27,28)/b23-11-. The fraction of sp³-hybridized carbons (Fsp3) is 0.111. The molecule has 0 saturated heterocycles. The number of aromatic nitrogens is 3. The number of nitrogens with zero attached hydrogens (tertiary/aromatic N) is 4. The maximum atomic E-state index is 12.9. The van der Waals surface area contributed by atoms with Gasteiger partial charge in [0, 0.05) is 12.7 Å². The van der Waals surface area contributed by atoms with E-state index in [2.05, 4.69) is 36.1 Å². The molecule has 0 aliphatic carbocycles. The van der Waals surface area contributed by atoms with E-state index in [1.165, 1.54) is 12.1 Å². The van der Waals surface area contributed by atoms with Gasteiger partial charge in [-0.3, -0.25) is 0 Å². The Hall–Kier alpha value is -3.69. The fourth-order valence-electron chi connectivity index (χ4n) is 2.20. The van der Waals surface area contributed by atoms with Crippen LogP contribution >= 0.6 is 0 Å². The lowest BCUT2D eigenvalue weighted by Gasteiger charge is -2.11. The lowest BCUT2D eigenvalue weighted by molar-refractivity contribution is -0.137. The number of nitrogens with one attached hydrogen (secondary N) is 3. The van der Waals surface area contributed by atoms with E-state index in [-0.39, 0.29) is 23.5 Å². The summed E-state index contributed by atoms with van der Waals surface area (Å²) in [5.41, 5.74) is 2.98. The van der Waals surface area contributed by atoms with Crippen LogP contribution in [0, 0.1) is 0 Å². The molecule has 0 unspecified atom stereocenters. The van der Waals surface area contributed by atoms with E-state index in [0.717, 1.165) is 17.7 Å². The van der Waals surface area contributed by atoms with Gasteiger partial charge in [-0.1, -0.05) is 36.4 Å². The second-order valence-corrected chi connectivity index (χ2v) is 5.54. The molecule has 1 heterocycles. The van der Waals surface area contributed by atoms with Gasteiger partial charge in [0.05, 0.1) is 11.8 Å². The van der Waals surface area contributed by atoms with Gasteiger partial charge in [-0.15, -0.1) is 0 Å². The molecule has 0 amide bonds. The Morgan fingerprint density at radius 2 is 1.61 bits per heavy atom. The zero-order chi connectivity index (χ0) is 20.0. The molecular formula is C18H16F3N7. The summed E-state index contributed by atoms with van der Waals surface area (Å²) in [5.74, 6) is 0.416. The van der Waals surface area contributed by atoms with Crippen molar-refractivity contribution in [3.63, 3.8) is 0 Å². The minimum Gasteiger partial charge on any atom is -0.357 e. The first-order chi connectivity index (χ1) is 13.4. The van der Waals surface area contributed by atoms with Crippen molar-refractivity contribution in [2.24, 2.45) is 5.10 Å². The third kappa shape index (κ3) is 5.16. The number of anilines is 4. The fourth-order valence-corrected chi connectivity index (χ4v) is 2.20. The van der Waals surface area contributed by atoms with Crippen LogP contribution in [-0.2, 0) is 6.18 Å². The highest BCUT2D eigenvalue weighted by molar-refractivity contribution is 5.79. The lowest BCUT2D eigenvalue weighted by Crippen LogP contribution is -2.08. The number of hydrogen-bond acceptors (Lipinski definition) is 7. The number of rotatable bonds is 6. The summed E-state index contributed by atoms with van der Waals surface area (Å²) < 4.78 is 38.6. The average molecular weight is 387 g/mol. The summed E-state index contributed by atoms with van der Waals surface area (Å²) in [6.45, 7) is 0. The van der Waals surface area contributed by atoms with Crippen molar-refractivity contribution in [1.29, 1.82) is 0 Å². The van der Waals surface area contributed by atoms with Crippen LogP contribution in [0.15, 0.2) is 59.7 Å². The second-order valence-electron chi connectivity index (χ2n) is 5.54. The third-order valence-electron chi connectivity index (χ3n) is 3.48. The monoisotopic (exact) mass is 387 g/mol. The van der Waals surface area contributed by atoms with Gasteiger partial charge >= 0.3 is 6.18 Å². The highest BCUT2D eigenvalue weighted by Gasteiger charge is 2.30. The second kappa shape index (κ2) is 8.33. The number of alkyl halides is 3. The van der Waals surface area contributed by atoms with Gasteiger partial charge in [0.25, 0.3) is 0 Å². The largest absolute Gasteiger partial charge is 0.416 e. The van der Waals surface area contributed by atoms with Gasteiger partial charge in [0.15, 0.2) is 0 Å². The minimum atomic E-state index is -4.44. The Morgan fingerprint density at radius 3 is 2.32 bits per heavy atom. The predicted octanol–water partition coefficient (Wildman–Crippen LogP) is 4.12. The van der Waals surface area contributed by atoms with E-state index in [9.17, 15) is 13.2 Å². The molecule has 28 heavy (non-hydrogen) atoms. The molecule has 0 aliphatic rings. The Kier molecular flexibility index (Phi) is 5.68. The summed E-state index contributed by atoms with van der Waals surface area (Å²) in [5, 5.41) is 9.56. The van der Waals surface area contributed by atoms with Crippen molar-refractivity contribution in [2.75, 3.05) is 23.1 Å². The van der Waals surface area contributed by atoms with E-state index >= 15 is 0 Å². The quantitative estimate of drug-likeness (QED) is 0.436. The van der Waals surface area contributed by atoms with E-state index < -0.39 is 11.7 Å². The van der Waals surface area contributed by atoms with Crippen molar-refractivity contribution in [2.45, 2.75) is 6.18 Å². The molecule has 0 saturated carbocycles. The van der Waals surface area contributed by atoms with Crippen LogP contribution in [0.1, 0.15) is 11.1 Å². The van der Waals surface area contributed by atoms with E-state index in [4.69, 9.17) is 0 Å². The highest BCUT2D eigenvalue weighted by atomic mass is 19.4. The first-order valence-corrected chi connectivity index (χ1v) is 8.16. The molecule has 1 aromatic heterocycles. The van der Waals surface area contributed by atoms with Gasteiger partial charge in [-0.2, -0.15) is 33.2 Å². The van der Waals surface area contributed by atoms with Gasteiger partial charge in [-0.25, -0.2) is 5.43 Å². The van der Waals surface area contributed by atoms with Crippen molar-refractivity contribution < 1.29 is 13.2 Å². The zero-order valence-corrected chi connectivity index (χ0v) is 14.7. The first kappa shape index (κ1) is 19.1. The van der Waals surface area contributed by atoms with Crippen molar-refractivity contribution in [1.82, 2.24) is 15.0 Å². The topological polar surface area (TPSA) is 87.1 Å². The van der Waals surface area contributed by atoms with Crippen LogP contribution in [0.5, 0.6) is 0 Å². The third-order valence-corrected chi connectivity index (χ3v) is 3.48. The summed E-state index contributed by atoms with van der Waals surface area (Å²) in [6.07, 6.45) is -2.85. The molecule has 0 spiro atoms.